The molecule has 0 aliphatic heterocycles. The lowest BCUT2D eigenvalue weighted by atomic mass is 9.77. The Morgan fingerprint density at radius 3 is 2.19 bits per heavy atom. The van der Waals surface area contributed by atoms with E-state index in [2.05, 4.69) is 30.8 Å². The Morgan fingerprint density at radius 1 is 1.04 bits per heavy atom. The quantitative estimate of drug-likeness (QED) is 0.612. The summed E-state index contributed by atoms with van der Waals surface area (Å²) in [6.07, 6.45) is 8.07. The second-order valence-electron chi connectivity index (χ2n) is 7.17. The van der Waals surface area contributed by atoms with Gasteiger partial charge in [0, 0.05) is 0 Å². The Balaban J connectivity index is 1.53. The van der Waals surface area contributed by atoms with Gasteiger partial charge in [-0.25, -0.2) is 8.78 Å². The molecule has 0 N–H and O–H groups in total. The minimum atomic E-state index is -0.755. The third kappa shape index (κ3) is 4.19. The van der Waals surface area contributed by atoms with Crippen LogP contribution in [0.1, 0.15) is 60.3 Å². The smallest absolute Gasteiger partial charge is 0.144 e. The summed E-state index contributed by atoms with van der Waals surface area (Å²) in [6.45, 7) is 3.79. The van der Waals surface area contributed by atoms with Gasteiger partial charge in [-0.05, 0) is 79.2 Å². The van der Waals surface area contributed by atoms with Gasteiger partial charge in [0.2, 0.25) is 0 Å². The molecular formula is C23H23F2N. The molecule has 3 heteroatoms. The number of halogens is 2. The van der Waals surface area contributed by atoms with E-state index in [1.165, 1.54) is 17.7 Å². The van der Waals surface area contributed by atoms with Gasteiger partial charge in [0.25, 0.3) is 0 Å². The van der Waals surface area contributed by atoms with Crippen molar-refractivity contribution in [1.82, 2.24) is 0 Å². The fraction of sp³-hybridized carbons (Fsp3) is 0.348. The average Bonchev–Trinajstić information content (AvgIpc) is 2.67. The lowest BCUT2D eigenvalue weighted by Gasteiger charge is -2.29. The molecule has 0 spiro atoms. The molecule has 0 radical (unpaired) electrons. The Bertz CT molecular complexity index is 786. The highest BCUT2D eigenvalue weighted by Gasteiger charge is 2.22. The van der Waals surface area contributed by atoms with Crippen LogP contribution in [0, 0.1) is 28.9 Å². The molecule has 1 aliphatic rings. The maximum absolute atomic E-state index is 13.7. The summed E-state index contributed by atoms with van der Waals surface area (Å²) in [5, 5.41) is 8.74. The van der Waals surface area contributed by atoms with Gasteiger partial charge >= 0.3 is 0 Å². The van der Waals surface area contributed by atoms with Crippen LogP contribution in [0.25, 0.3) is 6.08 Å². The monoisotopic (exact) mass is 351 g/mol. The summed E-state index contributed by atoms with van der Waals surface area (Å²) in [5.74, 6) is -0.307. The number of aryl methyl sites for hydroxylation is 1. The molecule has 0 unspecified atom stereocenters. The van der Waals surface area contributed by atoms with Crippen molar-refractivity contribution in [3.63, 3.8) is 0 Å². The minimum absolute atomic E-state index is 0.489. The molecule has 2 aromatic rings. The fourth-order valence-corrected chi connectivity index (χ4v) is 3.94. The molecule has 1 saturated carbocycles. The second-order valence-corrected chi connectivity index (χ2v) is 7.17. The fourth-order valence-electron chi connectivity index (χ4n) is 3.94. The van der Waals surface area contributed by atoms with E-state index in [0.717, 1.165) is 37.7 Å². The Labute approximate surface area is 154 Å². The van der Waals surface area contributed by atoms with Crippen molar-refractivity contribution >= 4 is 6.08 Å². The highest BCUT2D eigenvalue weighted by Crippen LogP contribution is 2.37. The van der Waals surface area contributed by atoms with Gasteiger partial charge in [-0.2, -0.15) is 5.26 Å². The van der Waals surface area contributed by atoms with Gasteiger partial charge in [0.1, 0.15) is 23.3 Å². The topological polar surface area (TPSA) is 23.8 Å². The molecule has 0 aromatic heterocycles. The lowest BCUT2D eigenvalue weighted by molar-refractivity contribution is 0.310. The van der Waals surface area contributed by atoms with Crippen LogP contribution in [0.5, 0.6) is 0 Å². The first-order valence-corrected chi connectivity index (χ1v) is 9.21. The molecule has 0 bridgehead atoms. The molecule has 1 aliphatic carbocycles. The van der Waals surface area contributed by atoms with Crippen molar-refractivity contribution in [3.05, 3.63) is 76.9 Å². The van der Waals surface area contributed by atoms with Gasteiger partial charge in [-0.15, -0.1) is 0 Å². The van der Waals surface area contributed by atoms with Crippen LogP contribution < -0.4 is 0 Å². The first-order valence-electron chi connectivity index (χ1n) is 9.21. The summed E-state index contributed by atoms with van der Waals surface area (Å²) in [7, 11) is 0. The standard InChI is InChI=1S/C23H23F2N/c1-2-16-5-9-19(10-6-16)20-11-7-17(8-12-20)3-4-18-13-22(24)21(15-26)23(25)14-18/h2,5-6,9-10,13-14,17,20H,1,3-4,7-8,11-12H2. The van der Waals surface area contributed by atoms with Crippen molar-refractivity contribution in [2.45, 2.75) is 44.4 Å². The molecule has 2 aromatic carbocycles. The third-order valence-electron chi connectivity index (χ3n) is 5.55. The van der Waals surface area contributed by atoms with E-state index in [0.29, 0.717) is 23.8 Å². The maximum atomic E-state index is 13.7. The molecule has 0 saturated heterocycles. The zero-order chi connectivity index (χ0) is 18.5. The molecule has 1 fully saturated rings. The van der Waals surface area contributed by atoms with Gasteiger partial charge in [-0.3, -0.25) is 0 Å². The number of hydrogen-bond donors (Lipinski definition) is 0. The van der Waals surface area contributed by atoms with Crippen LogP contribution in [-0.2, 0) is 6.42 Å². The molecule has 26 heavy (non-hydrogen) atoms. The molecule has 3 rings (SSSR count). The SMILES string of the molecule is C=Cc1ccc(C2CCC(CCc3cc(F)c(C#N)c(F)c3)CC2)cc1. The van der Waals surface area contributed by atoms with E-state index in [1.54, 1.807) is 6.07 Å². The molecule has 0 heterocycles. The second kappa shape index (κ2) is 8.27. The zero-order valence-corrected chi connectivity index (χ0v) is 14.8. The van der Waals surface area contributed by atoms with Crippen molar-refractivity contribution in [3.8, 4) is 6.07 Å². The number of nitrogens with zero attached hydrogens (tertiary/aromatic N) is 1. The summed E-state index contributed by atoms with van der Waals surface area (Å²) < 4.78 is 27.4. The lowest BCUT2D eigenvalue weighted by Crippen LogP contribution is -2.14. The predicted molar refractivity (Wildman–Crippen MR) is 101 cm³/mol. The summed E-state index contributed by atoms with van der Waals surface area (Å²) in [4.78, 5) is 0. The van der Waals surface area contributed by atoms with E-state index in [9.17, 15) is 8.78 Å². The van der Waals surface area contributed by atoms with E-state index >= 15 is 0 Å². The number of rotatable bonds is 5. The van der Waals surface area contributed by atoms with Gasteiger partial charge in [0.05, 0.1) is 0 Å². The Hall–Kier alpha value is -2.47. The number of hydrogen-bond acceptors (Lipinski definition) is 1. The van der Waals surface area contributed by atoms with Crippen molar-refractivity contribution in [2.75, 3.05) is 0 Å². The van der Waals surface area contributed by atoms with Gasteiger partial charge < -0.3 is 0 Å². The first-order chi connectivity index (χ1) is 12.6. The van der Waals surface area contributed by atoms with Crippen LogP contribution in [0.15, 0.2) is 43.0 Å². The first kappa shape index (κ1) is 18.3. The highest BCUT2D eigenvalue weighted by molar-refractivity contribution is 5.47. The van der Waals surface area contributed by atoms with E-state index in [4.69, 9.17) is 5.26 Å². The van der Waals surface area contributed by atoms with E-state index < -0.39 is 17.2 Å². The molecule has 0 amide bonds. The number of benzene rings is 2. The highest BCUT2D eigenvalue weighted by atomic mass is 19.1. The Kier molecular flexibility index (Phi) is 5.83. The van der Waals surface area contributed by atoms with Crippen LogP contribution in [0.2, 0.25) is 0 Å². The summed E-state index contributed by atoms with van der Waals surface area (Å²) in [6, 6.07) is 12.8. The largest absolute Gasteiger partial charge is 0.205 e. The normalized spacial score (nSPS) is 19.7. The number of nitriles is 1. The molecule has 1 nitrogen and oxygen atoms in total. The van der Waals surface area contributed by atoms with Gasteiger partial charge in [0.15, 0.2) is 0 Å². The zero-order valence-electron chi connectivity index (χ0n) is 14.8. The third-order valence-corrected chi connectivity index (χ3v) is 5.55. The molecule has 0 atom stereocenters. The molecular weight excluding hydrogens is 328 g/mol. The van der Waals surface area contributed by atoms with E-state index in [-0.39, 0.29) is 0 Å². The molecule has 134 valence electrons. The van der Waals surface area contributed by atoms with Crippen LogP contribution in [-0.4, -0.2) is 0 Å². The average molecular weight is 351 g/mol. The Morgan fingerprint density at radius 2 is 1.65 bits per heavy atom. The van der Waals surface area contributed by atoms with Crippen LogP contribution in [0.4, 0.5) is 8.78 Å². The minimum Gasteiger partial charge on any atom is -0.205 e. The van der Waals surface area contributed by atoms with E-state index in [1.807, 2.05) is 6.08 Å². The summed E-state index contributed by atoms with van der Waals surface area (Å²) in [5.41, 5.74) is 2.69. The predicted octanol–water partition coefficient (Wildman–Crippen LogP) is 6.39. The maximum Gasteiger partial charge on any atom is 0.144 e. The summed E-state index contributed by atoms with van der Waals surface area (Å²) >= 11 is 0. The van der Waals surface area contributed by atoms with Crippen LogP contribution >= 0.6 is 0 Å². The van der Waals surface area contributed by atoms with Crippen molar-refractivity contribution in [1.29, 1.82) is 5.26 Å². The van der Waals surface area contributed by atoms with Crippen molar-refractivity contribution in [2.24, 2.45) is 5.92 Å². The van der Waals surface area contributed by atoms with Gasteiger partial charge in [-0.1, -0.05) is 36.9 Å². The van der Waals surface area contributed by atoms with Crippen molar-refractivity contribution < 1.29 is 8.78 Å². The van der Waals surface area contributed by atoms with Crippen LogP contribution in [0.3, 0.4) is 0 Å².